The second-order valence-corrected chi connectivity index (χ2v) is 6.45. The fourth-order valence-electron chi connectivity index (χ4n) is 3.99. The van der Waals surface area contributed by atoms with Crippen molar-refractivity contribution in [2.24, 2.45) is 0 Å². The molecule has 3 heteroatoms. The van der Waals surface area contributed by atoms with Gasteiger partial charge in [0.1, 0.15) is 0 Å². The number of ether oxygens (including phenoxy) is 1. The summed E-state index contributed by atoms with van der Waals surface area (Å²) in [5.41, 5.74) is 0.308. The number of rotatable bonds is 1. The number of hydrogen-bond donors (Lipinski definition) is 0. The first kappa shape index (κ1) is 11.9. The molecular weight excluding hydrogens is 212 g/mol. The van der Waals surface area contributed by atoms with E-state index in [4.69, 9.17) is 4.74 Å². The summed E-state index contributed by atoms with van der Waals surface area (Å²) in [5.74, 6) is 0. The van der Waals surface area contributed by atoms with Gasteiger partial charge in [0.25, 0.3) is 0 Å². The largest absolute Gasteiger partial charge is 0.379 e. The Hall–Kier alpha value is -0.120. The highest BCUT2D eigenvalue weighted by Gasteiger charge is 2.43. The van der Waals surface area contributed by atoms with E-state index in [1.165, 1.54) is 45.3 Å². The maximum absolute atomic E-state index is 5.64. The lowest BCUT2D eigenvalue weighted by Gasteiger charge is -2.52. The van der Waals surface area contributed by atoms with Crippen molar-refractivity contribution in [1.29, 1.82) is 0 Å². The Morgan fingerprint density at radius 3 is 2.88 bits per heavy atom. The predicted molar refractivity (Wildman–Crippen MR) is 69.2 cm³/mol. The van der Waals surface area contributed by atoms with E-state index in [1.807, 2.05) is 0 Å². The van der Waals surface area contributed by atoms with E-state index in [2.05, 4.69) is 23.6 Å². The number of piperazine rings is 1. The minimum absolute atomic E-state index is 0.308. The third kappa shape index (κ3) is 2.13. The van der Waals surface area contributed by atoms with Crippen LogP contribution in [0.5, 0.6) is 0 Å². The number of nitrogens with zero attached hydrogens (tertiary/aromatic N) is 2. The van der Waals surface area contributed by atoms with Crippen molar-refractivity contribution in [3.05, 3.63) is 0 Å². The summed E-state index contributed by atoms with van der Waals surface area (Å²) in [5, 5.41) is 0. The van der Waals surface area contributed by atoms with Gasteiger partial charge in [-0.05, 0) is 39.7 Å². The summed E-state index contributed by atoms with van der Waals surface area (Å²) >= 11 is 0. The van der Waals surface area contributed by atoms with Crippen LogP contribution in [0, 0.1) is 0 Å². The predicted octanol–water partition coefficient (Wildman–Crippen LogP) is 1.72. The lowest BCUT2D eigenvalue weighted by molar-refractivity contribution is -0.0438. The summed E-state index contributed by atoms with van der Waals surface area (Å²) in [6.45, 7) is 10.5. The molecule has 0 aromatic carbocycles. The van der Waals surface area contributed by atoms with Gasteiger partial charge in [0.05, 0.1) is 6.61 Å². The second-order valence-electron chi connectivity index (χ2n) is 6.45. The van der Waals surface area contributed by atoms with Crippen LogP contribution in [0.4, 0.5) is 0 Å². The van der Waals surface area contributed by atoms with E-state index in [0.29, 0.717) is 11.6 Å². The maximum Gasteiger partial charge on any atom is 0.0648 e. The number of hydrogen-bond acceptors (Lipinski definition) is 3. The van der Waals surface area contributed by atoms with Crippen LogP contribution < -0.4 is 0 Å². The van der Waals surface area contributed by atoms with Crippen molar-refractivity contribution in [2.75, 3.05) is 32.8 Å². The van der Waals surface area contributed by atoms with Gasteiger partial charge in [-0.3, -0.25) is 9.80 Å². The van der Waals surface area contributed by atoms with Crippen molar-refractivity contribution in [1.82, 2.24) is 9.80 Å². The Balaban J connectivity index is 1.72. The zero-order valence-electron chi connectivity index (χ0n) is 11.3. The third-order valence-electron chi connectivity index (χ3n) is 5.08. The number of fused-ring (bicyclic) bond motifs is 1. The van der Waals surface area contributed by atoms with Gasteiger partial charge in [0.15, 0.2) is 0 Å². The normalized spacial score (nSPS) is 44.8. The van der Waals surface area contributed by atoms with Crippen LogP contribution in [0.25, 0.3) is 0 Å². The topological polar surface area (TPSA) is 15.7 Å². The van der Waals surface area contributed by atoms with Crippen molar-refractivity contribution >= 4 is 0 Å². The van der Waals surface area contributed by atoms with Gasteiger partial charge in [-0.2, -0.15) is 0 Å². The second kappa shape index (κ2) is 4.52. The molecule has 3 nitrogen and oxygen atoms in total. The van der Waals surface area contributed by atoms with Gasteiger partial charge in [-0.25, -0.2) is 0 Å². The minimum Gasteiger partial charge on any atom is -0.379 e. The molecule has 3 aliphatic heterocycles. The SMILES string of the molecule is CC1CN2CCCCC2CN1C1(C)CCOC1. The Labute approximate surface area is 105 Å². The Kier molecular flexibility index (Phi) is 3.18. The summed E-state index contributed by atoms with van der Waals surface area (Å²) in [6, 6.07) is 1.51. The Morgan fingerprint density at radius 2 is 2.12 bits per heavy atom. The molecule has 0 amide bonds. The monoisotopic (exact) mass is 238 g/mol. The lowest BCUT2D eigenvalue weighted by atomic mass is 9.90. The smallest absolute Gasteiger partial charge is 0.0648 e. The van der Waals surface area contributed by atoms with Crippen molar-refractivity contribution in [3.63, 3.8) is 0 Å². The summed E-state index contributed by atoms with van der Waals surface area (Å²) < 4.78 is 5.64. The molecule has 3 fully saturated rings. The quantitative estimate of drug-likeness (QED) is 0.692. The first-order chi connectivity index (χ1) is 8.19. The highest BCUT2D eigenvalue weighted by molar-refractivity contribution is 4.98. The molecule has 3 rings (SSSR count). The Morgan fingerprint density at radius 1 is 1.24 bits per heavy atom. The van der Waals surface area contributed by atoms with Gasteiger partial charge in [-0.1, -0.05) is 6.42 Å². The van der Waals surface area contributed by atoms with E-state index < -0.39 is 0 Å². The highest BCUT2D eigenvalue weighted by atomic mass is 16.5. The molecule has 0 radical (unpaired) electrons. The maximum atomic E-state index is 5.64. The molecule has 0 N–H and O–H groups in total. The van der Waals surface area contributed by atoms with E-state index in [-0.39, 0.29) is 0 Å². The number of piperidine rings is 1. The highest BCUT2D eigenvalue weighted by Crippen LogP contribution is 2.33. The molecule has 3 atom stereocenters. The van der Waals surface area contributed by atoms with Gasteiger partial charge >= 0.3 is 0 Å². The molecule has 0 saturated carbocycles. The van der Waals surface area contributed by atoms with E-state index in [1.54, 1.807) is 0 Å². The van der Waals surface area contributed by atoms with E-state index >= 15 is 0 Å². The van der Waals surface area contributed by atoms with Crippen LogP contribution in [0.2, 0.25) is 0 Å². The van der Waals surface area contributed by atoms with Crippen molar-refractivity contribution < 1.29 is 4.74 Å². The molecule has 3 saturated heterocycles. The first-order valence-electron chi connectivity index (χ1n) is 7.28. The first-order valence-corrected chi connectivity index (χ1v) is 7.28. The van der Waals surface area contributed by atoms with E-state index in [0.717, 1.165) is 19.3 Å². The van der Waals surface area contributed by atoms with Crippen LogP contribution in [-0.4, -0.2) is 60.3 Å². The molecule has 0 aromatic rings. The third-order valence-corrected chi connectivity index (χ3v) is 5.08. The van der Waals surface area contributed by atoms with Crippen LogP contribution in [0.1, 0.15) is 39.5 Å². The fourth-order valence-corrected chi connectivity index (χ4v) is 3.99. The standard InChI is InChI=1S/C14H26N2O/c1-12-9-15-7-4-3-5-13(15)10-16(12)14(2)6-8-17-11-14/h12-13H,3-11H2,1-2H3. The minimum atomic E-state index is 0.308. The van der Waals surface area contributed by atoms with Gasteiger partial charge in [-0.15, -0.1) is 0 Å². The van der Waals surface area contributed by atoms with Gasteiger partial charge in [0.2, 0.25) is 0 Å². The fraction of sp³-hybridized carbons (Fsp3) is 1.00. The van der Waals surface area contributed by atoms with Crippen LogP contribution in [-0.2, 0) is 4.74 Å². The van der Waals surface area contributed by atoms with Crippen LogP contribution >= 0.6 is 0 Å². The lowest BCUT2D eigenvalue weighted by Crippen LogP contribution is -2.64. The zero-order chi connectivity index (χ0) is 11.9. The molecule has 0 spiro atoms. The summed E-state index contributed by atoms with van der Waals surface area (Å²) in [6.07, 6.45) is 5.45. The molecule has 3 heterocycles. The zero-order valence-corrected chi connectivity index (χ0v) is 11.3. The van der Waals surface area contributed by atoms with Crippen molar-refractivity contribution in [2.45, 2.75) is 57.2 Å². The molecule has 3 aliphatic rings. The van der Waals surface area contributed by atoms with Crippen molar-refractivity contribution in [3.8, 4) is 0 Å². The summed E-state index contributed by atoms with van der Waals surface area (Å²) in [4.78, 5) is 5.47. The molecule has 0 aliphatic carbocycles. The average molecular weight is 238 g/mol. The van der Waals surface area contributed by atoms with Crippen LogP contribution in [0.15, 0.2) is 0 Å². The molecular formula is C14H26N2O. The molecule has 3 unspecified atom stereocenters. The molecule has 0 bridgehead atoms. The average Bonchev–Trinajstić information content (AvgIpc) is 2.76. The molecule has 0 aromatic heterocycles. The van der Waals surface area contributed by atoms with Crippen LogP contribution in [0.3, 0.4) is 0 Å². The summed E-state index contributed by atoms with van der Waals surface area (Å²) in [7, 11) is 0. The van der Waals surface area contributed by atoms with E-state index in [9.17, 15) is 0 Å². The Bertz CT molecular complexity index is 275. The van der Waals surface area contributed by atoms with Gasteiger partial charge < -0.3 is 4.74 Å². The molecule has 17 heavy (non-hydrogen) atoms. The van der Waals surface area contributed by atoms with Gasteiger partial charge in [0, 0.05) is 37.3 Å². The molecule has 98 valence electrons.